The summed E-state index contributed by atoms with van der Waals surface area (Å²) < 4.78 is 4.85. The summed E-state index contributed by atoms with van der Waals surface area (Å²) in [6.45, 7) is 14.0. The van der Waals surface area contributed by atoms with Gasteiger partial charge in [-0.2, -0.15) is 0 Å². The molecule has 0 amide bonds. The number of piperazine rings is 1. The third kappa shape index (κ3) is 8.52. The zero-order valence-corrected chi connectivity index (χ0v) is 17.2. The average molecular weight is 360 g/mol. The lowest BCUT2D eigenvalue weighted by Crippen LogP contribution is -2.46. The molecule has 1 aliphatic heterocycles. The van der Waals surface area contributed by atoms with Crippen LogP contribution in [0.2, 0.25) is 0 Å². The van der Waals surface area contributed by atoms with Crippen LogP contribution in [0.3, 0.4) is 0 Å². The molecule has 1 fully saturated rings. The zero-order valence-electron chi connectivity index (χ0n) is 17.2. The Bertz CT molecular complexity index is 520. The van der Waals surface area contributed by atoms with Gasteiger partial charge < -0.3 is 9.42 Å². The second-order valence-electron chi connectivity index (χ2n) is 6.32. The Kier molecular flexibility index (Phi) is 12.3. The molecular weight excluding hydrogens is 322 g/mol. The standard InChI is InChI=1S/C17H23N3O.C3H8.C2H6/c1-2-7-17(8-3-1)20-13-11-19(12-14-20)10-5-4-6-16-9-15-21-18-16;1-3-2;1-2/h1-3,7-9,15H,4-6,10-14H2;3H2,1-2H3;1-2H3. The largest absolute Gasteiger partial charge is 0.369 e. The van der Waals surface area contributed by atoms with E-state index in [-0.39, 0.29) is 0 Å². The molecule has 0 unspecified atom stereocenters. The molecule has 0 N–H and O–H groups in total. The molecule has 1 saturated heterocycles. The van der Waals surface area contributed by atoms with Gasteiger partial charge in [-0.3, -0.25) is 4.90 Å². The van der Waals surface area contributed by atoms with Crippen molar-refractivity contribution in [2.24, 2.45) is 0 Å². The number of unbranched alkanes of at least 4 members (excludes halogenated alkanes) is 1. The highest BCUT2D eigenvalue weighted by atomic mass is 16.5. The summed E-state index contributed by atoms with van der Waals surface area (Å²) >= 11 is 0. The van der Waals surface area contributed by atoms with Crippen LogP contribution in [0.1, 0.15) is 52.7 Å². The molecule has 0 saturated carbocycles. The predicted octanol–water partition coefficient (Wildman–Crippen LogP) is 5.26. The van der Waals surface area contributed by atoms with Crippen LogP contribution in [0.25, 0.3) is 0 Å². The highest BCUT2D eigenvalue weighted by molar-refractivity contribution is 5.46. The summed E-state index contributed by atoms with van der Waals surface area (Å²) in [6.07, 6.45) is 6.35. The van der Waals surface area contributed by atoms with Crippen molar-refractivity contribution in [3.8, 4) is 0 Å². The third-order valence-corrected chi connectivity index (χ3v) is 4.14. The fourth-order valence-electron chi connectivity index (χ4n) is 2.88. The molecule has 0 radical (unpaired) electrons. The molecule has 2 aromatic rings. The lowest BCUT2D eigenvalue weighted by atomic mass is 10.2. The van der Waals surface area contributed by atoms with E-state index in [1.807, 2.05) is 19.9 Å². The molecule has 0 aliphatic carbocycles. The van der Waals surface area contributed by atoms with Crippen molar-refractivity contribution in [3.63, 3.8) is 0 Å². The van der Waals surface area contributed by atoms with E-state index in [1.165, 1.54) is 44.6 Å². The van der Waals surface area contributed by atoms with Gasteiger partial charge >= 0.3 is 0 Å². The molecule has 1 aromatic heterocycles. The lowest BCUT2D eigenvalue weighted by Gasteiger charge is -2.36. The first-order chi connectivity index (χ1) is 12.8. The van der Waals surface area contributed by atoms with E-state index in [2.05, 4.69) is 59.1 Å². The first-order valence-electron chi connectivity index (χ1n) is 10.2. The lowest BCUT2D eigenvalue weighted by molar-refractivity contribution is 0.253. The molecule has 1 aliphatic rings. The second-order valence-corrected chi connectivity index (χ2v) is 6.32. The first kappa shape index (κ1) is 22.2. The van der Waals surface area contributed by atoms with Crippen molar-refractivity contribution in [1.82, 2.24) is 10.1 Å². The average Bonchev–Trinajstić information content (AvgIpc) is 3.22. The number of hydrogen-bond donors (Lipinski definition) is 0. The molecule has 26 heavy (non-hydrogen) atoms. The van der Waals surface area contributed by atoms with E-state index in [0.717, 1.165) is 25.2 Å². The van der Waals surface area contributed by atoms with Crippen LogP contribution < -0.4 is 4.90 Å². The highest BCUT2D eigenvalue weighted by Gasteiger charge is 2.16. The fraction of sp³-hybridized carbons (Fsp3) is 0.591. The number of aryl methyl sites for hydroxylation is 1. The summed E-state index contributed by atoms with van der Waals surface area (Å²) in [5.74, 6) is 0. The summed E-state index contributed by atoms with van der Waals surface area (Å²) in [5.41, 5.74) is 2.42. The van der Waals surface area contributed by atoms with Crippen molar-refractivity contribution < 1.29 is 4.52 Å². The van der Waals surface area contributed by atoms with Crippen LogP contribution in [-0.2, 0) is 6.42 Å². The van der Waals surface area contributed by atoms with Crippen LogP contribution in [-0.4, -0.2) is 42.8 Å². The van der Waals surface area contributed by atoms with Gasteiger partial charge in [-0.15, -0.1) is 0 Å². The van der Waals surface area contributed by atoms with Crippen LogP contribution >= 0.6 is 0 Å². The maximum Gasteiger partial charge on any atom is 0.124 e. The topological polar surface area (TPSA) is 32.5 Å². The molecule has 4 heteroatoms. The van der Waals surface area contributed by atoms with Crippen molar-refractivity contribution in [1.29, 1.82) is 0 Å². The number of nitrogens with zero attached hydrogens (tertiary/aromatic N) is 3. The number of aromatic nitrogens is 1. The predicted molar refractivity (Wildman–Crippen MR) is 112 cm³/mol. The maximum absolute atomic E-state index is 4.85. The minimum Gasteiger partial charge on any atom is -0.369 e. The monoisotopic (exact) mass is 359 g/mol. The smallest absolute Gasteiger partial charge is 0.124 e. The Morgan fingerprint density at radius 1 is 0.923 bits per heavy atom. The number of hydrogen-bond acceptors (Lipinski definition) is 4. The van der Waals surface area contributed by atoms with E-state index in [9.17, 15) is 0 Å². The molecule has 146 valence electrons. The number of anilines is 1. The van der Waals surface area contributed by atoms with E-state index < -0.39 is 0 Å². The molecule has 2 heterocycles. The van der Waals surface area contributed by atoms with Gasteiger partial charge in [0.15, 0.2) is 0 Å². The van der Waals surface area contributed by atoms with Gasteiger partial charge in [-0.25, -0.2) is 0 Å². The van der Waals surface area contributed by atoms with Crippen molar-refractivity contribution in [2.45, 2.75) is 53.4 Å². The summed E-state index contributed by atoms with van der Waals surface area (Å²) in [7, 11) is 0. The minimum atomic E-state index is 1.03. The molecule has 1 aromatic carbocycles. The number of benzene rings is 1. The molecular formula is C22H37N3O. The Labute approximate surface area is 160 Å². The van der Waals surface area contributed by atoms with Crippen molar-refractivity contribution in [3.05, 3.63) is 48.4 Å². The van der Waals surface area contributed by atoms with Gasteiger partial charge in [0.1, 0.15) is 6.26 Å². The SMILES string of the molecule is CC.CCC.c1ccc(N2CCN(CCCCc3ccon3)CC2)cc1. The molecule has 4 nitrogen and oxygen atoms in total. The van der Waals surface area contributed by atoms with Crippen molar-refractivity contribution >= 4 is 5.69 Å². The number of rotatable bonds is 6. The van der Waals surface area contributed by atoms with E-state index in [1.54, 1.807) is 6.26 Å². The Morgan fingerprint density at radius 2 is 1.58 bits per heavy atom. The van der Waals surface area contributed by atoms with E-state index >= 15 is 0 Å². The fourth-order valence-corrected chi connectivity index (χ4v) is 2.88. The normalized spacial score (nSPS) is 14.1. The van der Waals surface area contributed by atoms with Gasteiger partial charge in [0.25, 0.3) is 0 Å². The van der Waals surface area contributed by atoms with Gasteiger partial charge in [-0.1, -0.05) is 57.5 Å². The molecule has 0 spiro atoms. The zero-order chi connectivity index (χ0) is 19.0. The minimum absolute atomic E-state index is 1.03. The summed E-state index contributed by atoms with van der Waals surface area (Å²) in [6, 6.07) is 12.7. The van der Waals surface area contributed by atoms with Crippen molar-refractivity contribution in [2.75, 3.05) is 37.6 Å². The molecule has 0 bridgehead atoms. The van der Waals surface area contributed by atoms with Gasteiger partial charge in [0.05, 0.1) is 5.69 Å². The quantitative estimate of drug-likeness (QED) is 0.658. The van der Waals surface area contributed by atoms with Crippen LogP contribution in [0, 0.1) is 0 Å². The van der Waals surface area contributed by atoms with Crippen LogP contribution in [0.4, 0.5) is 5.69 Å². The van der Waals surface area contributed by atoms with Gasteiger partial charge in [0.2, 0.25) is 0 Å². The summed E-state index contributed by atoms with van der Waals surface area (Å²) in [4.78, 5) is 5.05. The van der Waals surface area contributed by atoms with Gasteiger partial charge in [-0.05, 0) is 37.9 Å². The molecule has 0 atom stereocenters. The van der Waals surface area contributed by atoms with Crippen LogP contribution in [0.5, 0.6) is 0 Å². The van der Waals surface area contributed by atoms with E-state index in [4.69, 9.17) is 4.52 Å². The van der Waals surface area contributed by atoms with Crippen LogP contribution in [0.15, 0.2) is 47.2 Å². The van der Waals surface area contributed by atoms with Gasteiger partial charge in [0, 0.05) is 37.9 Å². The van der Waals surface area contributed by atoms with E-state index in [0.29, 0.717) is 0 Å². The first-order valence-corrected chi connectivity index (χ1v) is 10.2. The Morgan fingerprint density at radius 3 is 2.15 bits per heavy atom. The highest BCUT2D eigenvalue weighted by Crippen LogP contribution is 2.15. The summed E-state index contributed by atoms with van der Waals surface area (Å²) in [5, 5.41) is 3.95. The Hall–Kier alpha value is -1.81. The third-order valence-electron chi connectivity index (χ3n) is 4.14. The number of para-hydroxylation sites is 1. The second kappa shape index (κ2) is 14.4. The molecule has 3 rings (SSSR count). The Balaban J connectivity index is 0.000000615. The maximum atomic E-state index is 4.85.